The van der Waals surface area contributed by atoms with Gasteiger partial charge in [0.05, 0.1) is 11.5 Å². The Morgan fingerprint density at radius 1 is 1.24 bits per heavy atom. The minimum absolute atomic E-state index is 0.00899. The Hall–Kier alpha value is -1.97. The quantitative estimate of drug-likeness (QED) is 0.527. The number of rotatable bonds is 10. The van der Waals surface area contributed by atoms with Gasteiger partial charge in [-0.05, 0) is 37.6 Å². The SMILES string of the molecule is CCCC(C)(NC(=O)c1ccc(S(=O)(=O)NCCOC)cc1)C(=O)O. The minimum Gasteiger partial charge on any atom is -0.480 e. The number of carbonyl (C=O) groups excluding carboxylic acids is 1. The van der Waals surface area contributed by atoms with E-state index in [2.05, 4.69) is 10.0 Å². The van der Waals surface area contributed by atoms with Crippen molar-refractivity contribution in [2.45, 2.75) is 37.1 Å². The van der Waals surface area contributed by atoms with E-state index in [1.54, 1.807) is 0 Å². The summed E-state index contributed by atoms with van der Waals surface area (Å²) in [4.78, 5) is 23.6. The Labute approximate surface area is 147 Å². The number of methoxy groups -OCH3 is 1. The number of sulfonamides is 1. The maximum atomic E-state index is 12.3. The molecule has 1 amide bonds. The van der Waals surface area contributed by atoms with Gasteiger partial charge < -0.3 is 15.2 Å². The number of ether oxygens (including phenoxy) is 1. The minimum atomic E-state index is -3.69. The molecule has 1 rings (SSSR count). The summed E-state index contributed by atoms with van der Waals surface area (Å²) in [6.45, 7) is 3.64. The van der Waals surface area contributed by atoms with E-state index in [4.69, 9.17) is 4.74 Å². The molecule has 25 heavy (non-hydrogen) atoms. The summed E-state index contributed by atoms with van der Waals surface area (Å²) in [5, 5.41) is 11.8. The number of nitrogens with one attached hydrogen (secondary N) is 2. The highest BCUT2D eigenvalue weighted by atomic mass is 32.2. The van der Waals surface area contributed by atoms with Crippen LogP contribution >= 0.6 is 0 Å². The molecule has 0 spiro atoms. The van der Waals surface area contributed by atoms with Gasteiger partial charge in [-0.25, -0.2) is 17.9 Å². The molecular weight excluding hydrogens is 348 g/mol. The number of hydrogen-bond donors (Lipinski definition) is 3. The lowest BCUT2D eigenvalue weighted by Crippen LogP contribution is -2.52. The fourth-order valence-electron chi connectivity index (χ4n) is 2.19. The van der Waals surface area contributed by atoms with E-state index in [0.29, 0.717) is 6.42 Å². The van der Waals surface area contributed by atoms with Crippen molar-refractivity contribution in [1.82, 2.24) is 10.0 Å². The van der Waals surface area contributed by atoms with E-state index in [1.165, 1.54) is 38.3 Å². The highest BCUT2D eigenvalue weighted by molar-refractivity contribution is 7.89. The lowest BCUT2D eigenvalue weighted by atomic mass is 9.96. The molecule has 140 valence electrons. The van der Waals surface area contributed by atoms with Crippen LogP contribution < -0.4 is 10.0 Å². The van der Waals surface area contributed by atoms with Gasteiger partial charge in [0.1, 0.15) is 5.54 Å². The van der Waals surface area contributed by atoms with Gasteiger partial charge in [-0.1, -0.05) is 13.3 Å². The van der Waals surface area contributed by atoms with E-state index in [9.17, 15) is 23.1 Å². The van der Waals surface area contributed by atoms with Crippen LogP contribution in [0.2, 0.25) is 0 Å². The van der Waals surface area contributed by atoms with Crippen molar-refractivity contribution in [1.29, 1.82) is 0 Å². The van der Waals surface area contributed by atoms with Gasteiger partial charge in [-0.2, -0.15) is 0 Å². The second-order valence-electron chi connectivity index (χ2n) is 5.76. The molecule has 3 N–H and O–H groups in total. The third kappa shape index (κ3) is 5.80. The normalized spacial score (nSPS) is 13.9. The second-order valence-corrected chi connectivity index (χ2v) is 7.52. The number of carboxylic acid groups (broad SMARTS) is 1. The summed E-state index contributed by atoms with van der Waals surface area (Å²) in [6, 6.07) is 5.27. The van der Waals surface area contributed by atoms with Crippen LogP contribution in [0.4, 0.5) is 0 Å². The van der Waals surface area contributed by atoms with Crippen LogP contribution in [0.5, 0.6) is 0 Å². The van der Waals surface area contributed by atoms with Gasteiger partial charge >= 0.3 is 5.97 Å². The molecular formula is C16H24N2O6S. The lowest BCUT2D eigenvalue weighted by molar-refractivity contribution is -0.144. The first-order valence-corrected chi connectivity index (χ1v) is 9.29. The number of carboxylic acids is 1. The first kappa shape index (κ1) is 21.1. The van der Waals surface area contributed by atoms with E-state index in [-0.39, 0.29) is 30.0 Å². The van der Waals surface area contributed by atoms with E-state index in [1.807, 2.05) is 6.92 Å². The van der Waals surface area contributed by atoms with Gasteiger partial charge in [-0.3, -0.25) is 4.79 Å². The summed E-state index contributed by atoms with van der Waals surface area (Å²) < 4.78 is 31.2. The summed E-state index contributed by atoms with van der Waals surface area (Å²) in [6.07, 6.45) is 0.872. The Morgan fingerprint density at radius 2 is 1.84 bits per heavy atom. The molecule has 0 aliphatic rings. The Bertz CT molecular complexity index is 702. The van der Waals surface area contributed by atoms with Gasteiger partial charge in [0.2, 0.25) is 10.0 Å². The predicted octanol–water partition coefficient (Wildman–Crippen LogP) is 0.984. The van der Waals surface area contributed by atoms with Crippen molar-refractivity contribution in [3.63, 3.8) is 0 Å². The first-order chi connectivity index (χ1) is 11.7. The molecule has 0 saturated heterocycles. The largest absolute Gasteiger partial charge is 0.480 e. The number of hydrogen-bond acceptors (Lipinski definition) is 5. The van der Waals surface area contributed by atoms with E-state index >= 15 is 0 Å². The smallest absolute Gasteiger partial charge is 0.329 e. The fraction of sp³-hybridized carbons (Fsp3) is 0.500. The zero-order valence-corrected chi connectivity index (χ0v) is 15.4. The Balaban J connectivity index is 2.88. The summed E-state index contributed by atoms with van der Waals surface area (Å²) in [5.74, 6) is -1.70. The zero-order chi connectivity index (χ0) is 19.1. The predicted molar refractivity (Wildman–Crippen MR) is 91.9 cm³/mol. The monoisotopic (exact) mass is 372 g/mol. The van der Waals surface area contributed by atoms with Crippen LogP contribution in [-0.2, 0) is 19.6 Å². The van der Waals surface area contributed by atoms with Crippen molar-refractivity contribution < 1.29 is 27.9 Å². The van der Waals surface area contributed by atoms with Crippen LogP contribution in [0, 0.1) is 0 Å². The molecule has 0 radical (unpaired) electrons. The van der Waals surface area contributed by atoms with Crippen molar-refractivity contribution in [2.75, 3.05) is 20.3 Å². The molecule has 0 aliphatic heterocycles. The van der Waals surface area contributed by atoms with Crippen LogP contribution in [0.25, 0.3) is 0 Å². The van der Waals surface area contributed by atoms with Gasteiger partial charge in [0, 0.05) is 19.2 Å². The molecule has 0 saturated carbocycles. The maximum absolute atomic E-state index is 12.3. The van der Waals surface area contributed by atoms with Gasteiger partial charge in [0.25, 0.3) is 5.91 Å². The van der Waals surface area contributed by atoms with Gasteiger partial charge in [-0.15, -0.1) is 0 Å². The maximum Gasteiger partial charge on any atom is 0.329 e. The molecule has 0 bridgehead atoms. The van der Waals surface area contributed by atoms with Crippen molar-refractivity contribution in [2.24, 2.45) is 0 Å². The van der Waals surface area contributed by atoms with Crippen LogP contribution in [0.3, 0.4) is 0 Å². The number of amides is 1. The molecule has 1 aromatic rings. The molecule has 1 atom stereocenters. The number of carbonyl (C=O) groups is 2. The molecule has 1 aromatic carbocycles. The topological polar surface area (TPSA) is 122 Å². The highest BCUT2D eigenvalue weighted by Crippen LogP contribution is 2.15. The molecule has 8 nitrogen and oxygen atoms in total. The standard InChI is InChI=1S/C16H24N2O6S/c1-4-9-16(2,15(20)21)18-14(19)12-5-7-13(8-6-12)25(22,23)17-10-11-24-3/h5-8,17H,4,9-11H2,1-3H3,(H,18,19)(H,20,21). The molecule has 0 aliphatic carbocycles. The van der Waals surface area contributed by atoms with E-state index in [0.717, 1.165) is 0 Å². The molecule has 0 fully saturated rings. The summed E-state index contributed by atoms with van der Waals surface area (Å²) >= 11 is 0. The zero-order valence-electron chi connectivity index (χ0n) is 14.5. The Kier molecular flexibility index (Phi) is 7.53. The van der Waals surface area contributed by atoms with Crippen LogP contribution in [0.1, 0.15) is 37.0 Å². The second kappa shape index (κ2) is 8.93. The molecule has 9 heteroatoms. The molecule has 0 heterocycles. The van der Waals surface area contributed by atoms with Crippen molar-refractivity contribution in [3.8, 4) is 0 Å². The van der Waals surface area contributed by atoms with E-state index < -0.39 is 27.4 Å². The lowest BCUT2D eigenvalue weighted by Gasteiger charge is -2.25. The van der Waals surface area contributed by atoms with Crippen LogP contribution in [0.15, 0.2) is 29.2 Å². The average Bonchev–Trinajstić information content (AvgIpc) is 2.55. The third-order valence-electron chi connectivity index (χ3n) is 3.64. The fourth-order valence-corrected chi connectivity index (χ4v) is 3.21. The first-order valence-electron chi connectivity index (χ1n) is 7.81. The summed E-state index contributed by atoms with van der Waals surface area (Å²) in [7, 11) is -2.22. The number of aliphatic carboxylic acids is 1. The molecule has 1 unspecified atom stereocenters. The Morgan fingerprint density at radius 3 is 2.32 bits per heavy atom. The van der Waals surface area contributed by atoms with Crippen molar-refractivity contribution >= 4 is 21.9 Å². The van der Waals surface area contributed by atoms with Crippen LogP contribution in [-0.4, -0.2) is 51.2 Å². The third-order valence-corrected chi connectivity index (χ3v) is 5.11. The number of benzene rings is 1. The van der Waals surface area contributed by atoms with Gasteiger partial charge in [0.15, 0.2) is 0 Å². The highest BCUT2D eigenvalue weighted by Gasteiger charge is 2.34. The summed E-state index contributed by atoms with van der Waals surface area (Å²) in [5.41, 5.74) is -1.20. The average molecular weight is 372 g/mol. The van der Waals surface area contributed by atoms with Crippen molar-refractivity contribution in [3.05, 3.63) is 29.8 Å². The molecule has 0 aromatic heterocycles.